The van der Waals surface area contributed by atoms with Crippen molar-refractivity contribution < 1.29 is 4.39 Å². The largest absolute Gasteiger partial charge is 0.339 e. The van der Waals surface area contributed by atoms with Gasteiger partial charge in [-0.05, 0) is 52.6 Å². The van der Waals surface area contributed by atoms with Gasteiger partial charge in [-0.1, -0.05) is 72.8 Å². The first-order valence-electron chi connectivity index (χ1n) is 9.83. The number of hydrogen-bond acceptors (Lipinski definition) is 1. The van der Waals surface area contributed by atoms with Gasteiger partial charge in [0.1, 0.15) is 11.5 Å². The molecule has 0 spiro atoms. The molecule has 30 heavy (non-hydrogen) atoms. The van der Waals surface area contributed by atoms with E-state index < -0.39 is 0 Å². The SMILES string of the molecule is Fc1cccc(/C=C/c2cnc3[nH]c4ccc(C=Cc5ccccc5)cc4c3c2)c1. The summed E-state index contributed by atoms with van der Waals surface area (Å²) in [6, 6.07) is 25.3. The van der Waals surface area contributed by atoms with Gasteiger partial charge < -0.3 is 4.98 Å². The van der Waals surface area contributed by atoms with Crippen LogP contribution in [0.3, 0.4) is 0 Å². The number of nitrogens with zero attached hydrogens (tertiary/aromatic N) is 1. The summed E-state index contributed by atoms with van der Waals surface area (Å²) < 4.78 is 13.4. The second-order valence-electron chi connectivity index (χ2n) is 7.23. The Balaban J connectivity index is 1.50. The van der Waals surface area contributed by atoms with E-state index in [0.29, 0.717) is 0 Å². The van der Waals surface area contributed by atoms with Crippen LogP contribution in [0, 0.1) is 5.82 Å². The van der Waals surface area contributed by atoms with E-state index in [9.17, 15) is 4.39 Å². The van der Waals surface area contributed by atoms with Gasteiger partial charge in [-0.3, -0.25) is 0 Å². The minimum atomic E-state index is -0.238. The molecule has 0 aliphatic heterocycles. The Labute approximate surface area is 174 Å². The Hall–Kier alpha value is -3.98. The number of hydrogen-bond donors (Lipinski definition) is 1. The molecule has 2 nitrogen and oxygen atoms in total. The average molecular weight is 390 g/mol. The highest BCUT2D eigenvalue weighted by Crippen LogP contribution is 2.27. The zero-order valence-electron chi connectivity index (χ0n) is 16.2. The summed E-state index contributed by atoms with van der Waals surface area (Å²) in [6.07, 6.45) is 9.91. The van der Waals surface area contributed by atoms with Crippen molar-refractivity contribution in [1.29, 1.82) is 0 Å². The van der Waals surface area contributed by atoms with Crippen molar-refractivity contribution in [3.8, 4) is 0 Å². The normalized spacial score (nSPS) is 11.9. The number of benzene rings is 3. The summed E-state index contributed by atoms with van der Waals surface area (Å²) >= 11 is 0. The Morgan fingerprint density at radius 3 is 2.17 bits per heavy atom. The summed E-state index contributed by atoms with van der Waals surface area (Å²) in [5.41, 5.74) is 6.01. The lowest BCUT2D eigenvalue weighted by molar-refractivity contribution is 0.627. The smallest absolute Gasteiger partial charge is 0.138 e. The average Bonchev–Trinajstić information content (AvgIpc) is 3.14. The van der Waals surface area contributed by atoms with Crippen LogP contribution >= 0.6 is 0 Å². The van der Waals surface area contributed by atoms with Crippen molar-refractivity contribution in [3.05, 3.63) is 113 Å². The van der Waals surface area contributed by atoms with Crippen LogP contribution in [0.25, 0.3) is 46.2 Å². The number of rotatable bonds is 4. The van der Waals surface area contributed by atoms with Crippen molar-refractivity contribution in [2.24, 2.45) is 0 Å². The van der Waals surface area contributed by atoms with E-state index in [1.165, 1.54) is 17.7 Å². The molecule has 144 valence electrons. The highest BCUT2D eigenvalue weighted by atomic mass is 19.1. The summed E-state index contributed by atoms with van der Waals surface area (Å²) in [5.74, 6) is -0.238. The molecular formula is C27H19FN2. The van der Waals surface area contributed by atoms with Gasteiger partial charge in [0.2, 0.25) is 0 Å². The monoisotopic (exact) mass is 390 g/mol. The Kier molecular flexibility index (Phi) is 4.70. The van der Waals surface area contributed by atoms with E-state index >= 15 is 0 Å². The van der Waals surface area contributed by atoms with Crippen molar-refractivity contribution in [1.82, 2.24) is 9.97 Å². The molecule has 3 heteroatoms. The fourth-order valence-corrected chi connectivity index (χ4v) is 3.56. The van der Waals surface area contributed by atoms with Gasteiger partial charge in [0.25, 0.3) is 0 Å². The quantitative estimate of drug-likeness (QED) is 0.323. The highest BCUT2D eigenvalue weighted by molar-refractivity contribution is 6.07. The van der Waals surface area contributed by atoms with Crippen LogP contribution in [0.5, 0.6) is 0 Å². The van der Waals surface area contributed by atoms with Gasteiger partial charge >= 0.3 is 0 Å². The summed E-state index contributed by atoms with van der Waals surface area (Å²) in [5, 5.41) is 2.20. The molecular weight excluding hydrogens is 371 g/mol. The fraction of sp³-hybridized carbons (Fsp3) is 0. The van der Waals surface area contributed by atoms with E-state index in [0.717, 1.165) is 38.6 Å². The first-order valence-corrected chi connectivity index (χ1v) is 9.83. The van der Waals surface area contributed by atoms with Crippen molar-refractivity contribution >= 4 is 46.2 Å². The molecule has 0 bridgehead atoms. The maximum atomic E-state index is 13.4. The molecule has 0 radical (unpaired) electrons. The number of pyridine rings is 1. The Morgan fingerprint density at radius 2 is 1.33 bits per heavy atom. The molecule has 0 amide bonds. The second kappa shape index (κ2) is 7.80. The standard InChI is InChI=1S/C27H19FN2/c28-23-8-4-7-20(15-23)11-12-22-17-25-24-16-21(10-9-19-5-2-1-3-6-19)13-14-26(24)30-27(25)29-18-22/h1-18H,(H,29,30)/b10-9?,12-11+. The predicted molar refractivity (Wildman–Crippen MR) is 124 cm³/mol. The summed E-state index contributed by atoms with van der Waals surface area (Å²) in [7, 11) is 0. The maximum Gasteiger partial charge on any atom is 0.138 e. The van der Waals surface area contributed by atoms with Gasteiger partial charge in [-0.15, -0.1) is 0 Å². The third kappa shape index (κ3) is 3.78. The molecule has 5 rings (SSSR count). The van der Waals surface area contributed by atoms with Crippen LogP contribution in [0.1, 0.15) is 22.3 Å². The third-order valence-electron chi connectivity index (χ3n) is 5.08. The van der Waals surface area contributed by atoms with Gasteiger partial charge in [-0.25, -0.2) is 9.37 Å². The number of aromatic amines is 1. The molecule has 2 heterocycles. The van der Waals surface area contributed by atoms with Gasteiger partial charge in [0.15, 0.2) is 0 Å². The number of fused-ring (bicyclic) bond motifs is 3. The van der Waals surface area contributed by atoms with Crippen LogP contribution in [-0.2, 0) is 0 Å². The van der Waals surface area contributed by atoms with Crippen LogP contribution in [0.4, 0.5) is 4.39 Å². The van der Waals surface area contributed by atoms with Gasteiger partial charge in [0.05, 0.1) is 0 Å². The molecule has 0 atom stereocenters. The number of halogens is 1. The van der Waals surface area contributed by atoms with E-state index in [-0.39, 0.29) is 5.82 Å². The number of nitrogens with one attached hydrogen (secondary N) is 1. The van der Waals surface area contributed by atoms with Crippen LogP contribution in [0.15, 0.2) is 85.1 Å². The zero-order valence-corrected chi connectivity index (χ0v) is 16.2. The van der Waals surface area contributed by atoms with Crippen LogP contribution in [-0.4, -0.2) is 9.97 Å². The molecule has 0 saturated carbocycles. The lowest BCUT2D eigenvalue weighted by Crippen LogP contribution is -1.80. The first-order chi connectivity index (χ1) is 14.7. The molecule has 0 fully saturated rings. The van der Waals surface area contributed by atoms with Crippen LogP contribution < -0.4 is 0 Å². The predicted octanol–water partition coefficient (Wildman–Crippen LogP) is 7.20. The van der Waals surface area contributed by atoms with E-state index in [4.69, 9.17) is 0 Å². The molecule has 0 unspecified atom stereocenters. The lowest BCUT2D eigenvalue weighted by Gasteiger charge is -1.98. The molecule has 0 aliphatic rings. The van der Waals surface area contributed by atoms with Gasteiger partial charge in [0, 0.05) is 22.5 Å². The van der Waals surface area contributed by atoms with E-state index in [1.54, 1.807) is 6.07 Å². The summed E-state index contributed by atoms with van der Waals surface area (Å²) in [4.78, 5) is 7.95. The molecule has 0 aliphatic carbocycles. The van der Waals surface area contributed by atoms with Crippen LogP contribution in [0.2, 0.25) is 0 Å². The number of H-pyrrole nitrogens is 1. The lowest BCUT2D eigenvalue weighted by atomic mass is 10.1. The minimum absolute atomic E-state index is 0.238. The maximum absolute atomic E-state index is 13.4. The fourth-order valence-electron chi connectivity index (χ4n) is 3.56. The topological polar surface area (TPSA) is 28.7 Å². The number of aromatic nitrogens is 2. The van der Waals surface area contributed by atoms with Crippen molar-refractivity contribution in [3.63, 3.8) is 0 Å². The molecule has 0 saturated heterocycles. The highest BCUT2D eigenvalue weighted by Gasteiger charge is 2.06. The second-order valence-corrected chi connectivity index (χ2v) is 7.23. The van der Waals surface area contributed by atoms with Crippen molar-refractivity contribution in [2.45, 2.75) is 0 Å². The first kappa shape index (κ1) is 18.1. The summed E-state index contributed by atoms with van der Waals surface area (Å²) in [6.45, 7) is 0. The molecule has 3 aromatic carbocycles. The van der Waals surface area contributed by atoms with Gasteiger partial charge in [-0.2, -0.15) is 0 Å². The van der Waals surface area contributed by atoms with E-state index in [1.807, 2.05) is 42.6 Å². The minimum Gasteiger partial charge on any atom is -0.339 e. The third-order valence-corrected chi connectivity index (χ3v) is 5.08. The zero-order chi connectivity index (χ0) is 20.3. The Bertz CT molecular complexity index is 1390. The molecule has 1 N–H and O–H groups in total. The Morgan fingerprint density at radius 1 is 0.633 bits per heavy atom. The molecule has 5 aromatic rings. The van der Waals surface area contributed by atoms with Crippen molar-refractivity contribution in [2.75, 3.05) is 0 Å². The molecule has 2 aromatic heterocycles. The van der Waals surface area contributed by atoms with E-state index in [2.05, 4.69) is 58.5 Å².